The van der Waals surface area contributed by atoms with Gasteiger partial charge in [0.2, 0.25) is 0 Å². The molecule has 0 saturated heterocycles. The van der Waals surface area contributed by atoms with E-state index in [4.69, 9.17) is 11.6 Å². The number of amides is 1. The molecule has 3 aromatic heterocycles. The molecule has 0 spiro atoms. The first-order valence-corrected chi connectivity index (χ1v) is 9.91. The Labute approximate surface area is 183 Å². The molecule has 0 aliphatic carbocycles. The lowest BCUT2D eigenvalue weighted by atomic mass is 10.1. The Morgan fingerprint density at radius 2 is 1.94 bits per heavy atom. The Kier molecular flexibility index (Phi) is 5.64. The highest BCUT2D eigenvalue weighted by Gasteiger charge is 2.20. The number of carbonyl (C=O) groups is 1. The van der Waals surface area contributed by atoms with Gasteiger partial charge in [-0.2, -0.15) is 14.9 Å². The molecule has 8 nitrogen and oxygen atoms in total. The number of aromatic nitrogens is 5. The summed E-state index contributed by atoms with van der Waals surface area (Å²) >= 11 is 5.99. The summed E-state index contributed by atoms with van der Waals surface area (Å²) in [6.07, 6.45) is 4.81. The number of halogens is 1. The van der Waals surface area contributed by atoms with E-state index in [-0.39, 0.29) is 11.6 Å². The molecule has 4 rings (SSSR count). The Balaban J connectivity index is 1.78. The van der Waals surface area contributed by atoms with Crippen molar-refractivity contribution in [1.29, 1.82) is 0 Å². The highest BCUT2D eigenvalue weighted by molar-refractivity contribution is 6.30. The second kappa shape index (κ2) is 8.53. The van der Waals surface area contributed by atoms with E-state index in [1.165, 1.54) is 16.9 Å². The predicted molar refractivity (Wildman–Crippen MR) is 117 cm³/mol. The average Bonchev–Trinajstić information content (AvgIpc) is 3.21. The quantitative estimate of drug-likeness (QED) is 0.520. The first kappa shape index (κ1) is 20.5. The van der Waals surface area contributed by atoms with E-state index < -0.39 is 11.5 Å². The van der Waals surface area contributed by atoms with Crippen molar-refractivity contribution in [2.24, 2.45) is 7.05 Å². The zero-order valence-electron chi connectivity index (χ0n) is 16.9. The van der Waals surface area contributed by atoms with Crippen LogP contribution in [0.1, 0.15) is 29.0 Å². The molecule has 1 atom stereocenters. The lowest BCUT2D eigenvalue weighted by molar-refractivity contribution is 0.0937. The van der Waals surface area contributed by atoms with Crippen LogP contribution in [0.5, 0.6) is 0 Å². The second-order valence-electron chi connectivity index (χ2n) is 6.99. The third kappa shape index (κ3) is 4.39. The standard InChI is InChI=1S/C22H19ClN6O2/c1-14(19-5-3-4-10-24-19)26-21(30)18-11-20(15-6-8-16(23)9-7-15)27-29(22(18)31)17-12-25-28(2)13-17/h3-14H,1-2H3,(H,26,30). The summed E-state index contributed by atoms with van der Waals surface area (Å²) in [5.41, 5.74) is 1.73. The van der Waals surface area contributed by atoms with Gasteiger partial charge in [-0.1, -0.05) is 29.8 Å². The Hall–Kier alpha value is -3.78. The van der Waals surface area contributed by atoms with E-state index in [1.54, 1.807) is 61.4 Å². The number of benzene rings is 1. The monoisotopic (exact) mass is 434 g/mol. The minimum absolute atomic E-state index is 0.0356. The van der Waals surface area contributed by atoms with E-state index in [9.17, 15) is 9.59 Å². The van der Waals surface area contributed by atoms with Crippen LogP contribution >= 0.6 is 11.6 Å². The van der Waals surface area contributed by atoms with Gasteiger partial charge < -0.3 is 5.32 Å². The van der Waals surface area contributed by atoms with Crippen molar-refractivity contribution in [2.45, 2.75) is 13.0 Å². The zero-order valence-corrected chi connectivity index (χ0v) is 17.6. The first-order valence-electron chi connectivity index (χ1n) is 9.53. The SMILES string of the molecule is CC(NC(=O)c1cc(-c2ccc(Cl)cc2)nn(-c2cnn(C)c2)c1=O)c1ccccn1. The van der Waals surface area contributed by atoms with Crippen molar-refractivity contribution in [2.75, 3.05) is 0 Å². The maximum Gasteiger partial charge on any atom is 0.284 e. The number of aryl methyl sites for hydroxylation is 1. The molecule has 3 heterocycles. The molecule has 0 aliphatic heterocycles. The van der Waals surface area contributed by atoms with Crippen LogP contribution in [0.15, 0.2) is 71.9 Å². The van der Waals surface area contributed by atoms with Gasteiger partial charge in [0.25, 0.3) is 11.5 Å². The average molecular weight is 435 g/mol. The largest absolute Gasteiger partial charge is 0.344 e. The Bertz CT molecular complexity index is 1280. The summed E-state index contributed by atoms with van der Waals surface area (Å²) in [6, 6.07) is 13.6. The van der Waals surface area contributed by atoms with Crippen molar-refractivity contribution in [3.05, 3.63) is 93.8 Å². The molecule has 0 saturated carbocycles. The van der Waals surface area contributed by atoms with Crippen molar-refractivity contribution in [3.63, 3.8) is 0 Å². The molecule has 1 amide bonds. The molecule has 4 aromatic rings. The molecule has 0 bridgehead atoms. The topological polar surface area (TPSA) is 94.7 Å². The summed E-state index contributed by atoms with van der Waals surface area (Å²) in [5, 5.41) is 12.0. The number of pyridine rings is 1. The lowest BCUT2D eigenvalue weighted by Crippen LogP contribution is -2.35. The fraction of sp³-hybridized carbons (Fsp3) is 0.136. The lowest BCUT2D eigenvalue weighted by Gasteiger charge is -2.14. The first-order chi connectivity index (χ1) is 14.9. The van der Waals surface area contributed by atoms with Gasteiger partial charge in [0.1, 0.15) is 11.3 Å². The van der Waals surface area contributed by atoms with Crippen LogP contribution in [0.2, 0.25) is 5.02 Å². The highest BCUT2D eigenvalue weighted by Crippen LogP contribution is 2.20. The van der Waals surface area contributed by atoms with Crippen LogP contribution in [-0.2, 0) is 7.05 Å². The van der Waals surface area contributed by atoms with Crippen LogP contribution in [0.25, 0.3) is 16.9 Å². The number of carbonyl (C=O) groups excluding carboxylic acids is 1. The van der Waals surface area contributed by atoms with Crippen LogP contribution < -0.4 is 10.9 Å². The summed E-state index contributed by atoms with van der Waals surface area (Å²) in [4.78, 5) is 30.5. The van der Waals surface area contributed by atoms with E-state index in [2.05, 4.69) is 20.5 Å². The molecule has 156 valence electrons. The molecule has 1 aromatic carbocycles. The molecule has 1 N–H and O–H groups in total. The maximum atomic E-state index is 13.1. The highest BCUT2D eigenvalue weighted by atomic mass is 35.5. The van der Waals surface area contributed by atoms with Crippen molar-refractivity contribution < 1.29 is 4.79 Å². The van der Waals surface area contributed by atoms with E-state index in [1.807, 2.05) is 12.1 Å². The number of nitrogens with one attached hydrogen (secondary N) is 1. The van der Waals surface area contributed by atoms with Crippen LogP contribution in [0.4, 0.5) is 0 Å². The molecule has 31 heavy (non-hydrogen) atoms. The predicted octanol–water partition coefficient (Wildman–Crippen LogP) is 3.17. The third-order valence-electron chi connectivity index (χ3n) is 4.71. The smallest absolute Gasteiger partial charge is 0.284 e. The van der Waals surface area contributed by atoms with Gasteiger partial charge >= 0.3 is 0 Å². The number of hydrogen-bond acceptors (Lipinski definition) is 5. The van der Waals surface area contributed by atoms with E-state index in [0.717, 1.165) is 0 Å². The molecule has 9 heteroatoms. The van der Waals surface area contributed by atoms with Crippen molar-refractivity contribution in [1.82, 2.24) is 29.9 Å². The summed E-state index contributed by atoms with van der Waals surface area (Å²) in [5.74, 6) is -0.515. The number of hydrogen-bond donors (Lipinski definition) is 1. The summed E-state index contributed by atoms with van der Waals surface area (Å²) < 4.78 is 2.73. The van der Waals surface area contributed by atoms with Crippen LogP contribution in [-0.4, -0.2) is 30.5 Å². The van der Waals surface area contributed by atoms with E-state index in [0.29, 0.717) is 27.7 Å². The van der Waals surface area contributed by atoms with Crippen molar-refractivity contribution >= 4 is 17.5 Å². The Morgan fingerprint density at radius 3 is 2.58 bits per heavy atom. The van der Waals surface area contributed by atoms with Gasteiger partial charge in [-0.05, 0) is 37.3 Å². The minimum Gasteiger partial charge on any atom is -0.344 e. The fourth-order valence-electron chi connectivity index (χ4n) is 3.09. The van der Waals surface area contributed by atoms with Gasteiger partial charge in [0.15, 0.2) is 0 Å². The zero-order chi connectivity index (χ0) is 22.0. The van der Waals surface area contributed by atoms with Crippen LogP contribution in [0, 0.1) is 0 Å². The maximum absolute atomic E-state index is 13.1. The number of rotatable bonds is 5. The van der Waals surface area contributed by atoms with Gasteiger partial charge in [-0.15, -0.1) is 0 Å². The molecule has 0 radical (unpaired) electrons. The molecular weight excluding hydrogens is 416 g/mol. The van der Waals surface area contributed by atoms with Gasteiger partial charge in [-0.3, -0.25) is 19.3 Å². The molecule has 1 unspecified atom stereocenters. The van der Waals surface area contributed by atoms with Crippen molar-refractivity contribution in [3.8, 4) is 16.9 Å². The summed E-state index contributed by atoms with van der Waals surface area (Å²) in [7, 11) is 1.74. The molecular formula is C22H19ClN6O2. The van der Waals surface area contributed by atoms with Gasteiger partial charge in [-0.25, -0.2) is 0 Å². The molecule has 0 aliphatic rings. The van der Waals surface area contributed by atoms with Gasteiger partial charge in [0.05, 0.1) is 29.8 Å². The fourth-order valence-corrected chi connectivity index (χ4v) is 3.22. The van der Waals surface area contributed by atoms with E-state index >= 15 is 0 Å². The second-order valence-corrected chi connectivity index (χ2v) is 7.43. The molecule has 0 fully saturated rings. The third-order valence-corrected chi connectivity index (χ3v) is 4.96. The minimum atomic E-state index is -0.545. The van der Waals surface area contributed by atoms with Crippen LogP contribution in [0.3, 0.4) is 0 Å². The van der Waals surface area contributed by atoms with Gasteiger partial charge in [0, 0.05) is 23.8 Å². The summed E-state index contributed by atoms with van der Waals surface area (Å²) in [6.45, 7) is 1.81. The normalized spacial score (nSPS) is 11.8. The Morgan fingerprint density at radius 1 is 1.16 bits per heavy atom. The number of nitrogens with zero attached hydrogens (tertiary/aromatic N) is 5.